The average molecular weight is 477 g/mol. The van der Waals surface area contributed by atoms with Crippen LogP contribution < -0.4 is 10.1 Å². The fraction of sp³-hybridized carbons (Fsp3) is 0.292. The van der Waals surface area contributed by atoms with Gasteiger partial charge in [0.05, 0.1) is 5.69 Å². The van der Waals surface area contributed by atoms with E-state index in [1.807, 2.05) is 13.0 Å². The van der Waals surface area contributed by atoms with E-state index in [1.165, 1.54) is 29.2 Å². The molecule has 0 bridgehead atoms. The van der Waals surface area contributed by atoms with Crippen molar-refractivity contribution in [3.63, 3.8) is 0 Å². The second kappa shape index (κ2) is 10.5. The summed E-state index contributed by atoms with van der Waals surface area (Å²) < 4.78 is 54.3. The predicted octanol–water partition coefficient (Wildman–Crippen LogP) is 5.34. The van der Waals surface area contributed by atoms with E-state index in [9.17, 15) is 27.2 Å². The highest BCUT2D eigenvalue weighted by molar-refractivity contribution is 6.39. The van der Waals surface area contributed by atoms with Gasteiger partial charge in [-0.25, -0.2) is 4.39 Å². The Morgan fingerprint density at radius 2 is 1.79 bits per heavy atom. The van der Waals surface area contributed by atoms with E-state index in [4.69, 9.17) is 0 Å². The minimum absolute atomic E-state index is 0.0422. The third-order valence-electron chi connectivity index (χ3n) is 5.51. The lowest BCUT2D eigenvalue weighted by atomic mass is 9.84. The Bertz CT molecular complexity index is 1090. The van der Waals surface area contributed by atoms with Crippen molar-refractivity contribution in [3.8, 4) is 5.75 Å². The Morgan fingerprint density at radius 1 is 1.15 bits per heavy atom. The number of ether oxygens (including phenoxy) is 1. The van der Waals surface area contributed by atoms with Crippen LogP contribution in [-0.2, 0) is 9.59 Å². The van der Waals surface area contributed by atoms with Gasteiger partial charge < -0.3 is 15.0 Å². The summed E-state index contributed by atoms with van der Waals surface area (Å²) in [6.45, 7) is 6.03. The Balaban J connectivity index is 1.59. The fourth-order valence-electron chi connectivity index (χ4n) is 3.95. The van der Waals surface area contributed by atoms with Crippen LogP contribution in [0, 0.1) is 11.7 Å². The maximum Gasteiger partial charge on any atom is 0.573 e. The van der Waals surface area contributed by atoms with Crippen LogP contribution in [0.4, 0.5) is 28.9 Å². The number of likely N-dealkylation sites (tertiary alicyclic amines) is 1. The molecule has 1 fully saturated rings. The second-order valence-electron chi connectivity index (χ2n) is 7.66. The average Bonchev–Trinajstić information content (AvgIpc) is 2.80. The first kappa shape index (κ1) is 24.9. The topological polar surface area (TPSA) is 71.0 Å². The van der Waals surface area contributed by atoms with Gasteiger partial charge in [0.1, 0.15) is 11.6 Å². The summed E-state index contributed by atoms with van der Waals surface area (Å²) in [4.78, 5) is 30.3. The summed E-state index contributed by atoms with van der Waals surface area (Å²) in [6, 6.07) is 8.79. The van der Waals surface area contributed by atoms with Gasteiger partial charge in [0, 0.05) is 24.3 Å². The third-order valence-corrected chi connectivity index (χ3v) is 5.51. The molecule has 0 spiro atoms. The number of aliphatic imine (C=N–C) groups is 1. The van der Waals surface area contributed by atoms with Crippen LogP contribution in [0.1, 0.15) is 25.3 Å². The zero-order valence-corrected chi connectivity index (χ0v) is 18.4. The summed E-state index contributed by atoms with van der Waals surface area (Å²) >= 11 is 0. The minimum Gasteiger partial charge on any atom is -0.406 e. The zero-order chi connectivity index (χ0) is 24.9. The highest BCUT2D eigenvalue weighted by Gasteiger charge is 2.31. The molecule has 0 atom stereocenters. The van der Waals surface area contributed by atoms with Crippen molar-refractivity contribution >= 4 is 35.5 Å². The van der Waals surface area contributed by atoms with Crippen LogP contribution in [0.5, 0.6) is 5.75 Å². The first-order valence-corrected chi connectivity index (χ1v) is 10.5. The van der Waals surface area contributed by atoms with Crippen molar-refractivity contribution in [1.29, 1.82) is 0 Å². The predicted molar refractivity (Wildman–Crippen MR) is 120 cm³/mol. The molecular formula is C24H23F4N3O3. The number of hydrogen-bond acceptors (Lipinski definition) is 4. The maximum atomic E-state index is 13.8. The van der Waals surface area contributed by atoms with Crippen molar-refractivity contribution < 1.29 is 31.9 Å². The van der Waals surface area contributed by atoms with Gasteiger partial charge in [0.2, 0.25) is 0 Å². The van der Waals surface area contributed by atoms with Crippen molar-refractivity contribution in [1.82, 2.24) is 4.90 Å². The first-order valence-electron chi connectivity index (χ1n) is 10.5. The SMILES string of the molecule is C=Nc1ccc(F)cc1/C(=C\C)C1CCN(C(=O)C(=O)Nc2ccc(OC(F)(F)F)cc2)CC1. The molecule has 2 aromatic rings. The number of carbonyl (C=O) groups is 2. The number of rotatable bonds is 5. The molecule has 0 radical (unpaired) electrons. The quantitative estimate of drug-likeness (QED) is 0.359. The lowest BCUT2D eigenvalue weighted by molar-refractivity contribution is -0.274. The van der Waals surface area contributed by atoms with Gasteiger partial charge >= 0.3 is 18.2 Å². The van der Waals surface area contributed by atoms with E-state index >= 15 is 0 Å². The molecule has 0 saturated carbocycles. The first-order chi connectivity index (χ1) is 16.1. The molecule has 1 saturated heterocycles. The monoisotopic (exact) mass is 477 g/mol. The summed E-state index contributed by atoms with van der Waals surface area (Å²) in [6.07, 6.45) is -1.80. The number of hydrogen-bond donors (Lipinski definition) is 1. The molecule has 34 heavy (non-hydrogen) atoms. The number of nitrogens with zero attached hydrogens (tertiary/aromatic N) is 2. The lowest BCUT2D eigenvalue weighted by Crippen LogP contribution is -2.44. The smallest absolute Gasteiger partial charge is 0.406 e. The van der Waals surface area contributed by atoms with Gasteiger partial charge in [-0.2, -0.15) is 0 Å². The Kier molecular flexibility index (Phi) is 7.70. The summed E-state index contributed by atoms with van der Waals surface area (Å²) in [7, 11) is 0. The standard InChI is InChI=1S/C24H23F4N3O3/c1-3-19(20-14-16(25)4-9-21(20)29-2)15-10-12-31(13-11-15)23(33)22(32)30-17-5-7-18(8-6-17)34-24(26,27)28/h3-9,14-15H,2,10-13H2,1H3,(H,30,32)/b19-3-. The highest BCUT2D eigenvalue weighted by atomic mass is 19.4. The van der Waals surface area contributed by atoms with E-state index in [1.54, 1.807) is 6.07 Å². The number of benzene rings is 2. The maximum absolute atomic E-state index is 13.8. The molecule has 6 nitrogen and oxygen atoms in total. The van der Waals surface area contributed by atoms with Gasteiger partial charge in [0.15, 0.2) is 0 Å². The van der Waals surface area contributed by atoms with Gasteiger partial charge in [-0.15, -0.1) is 13.2 Å². The Hall–Kier alpha value is -3.69. The molecule has 3 rings (SSSR count). The number of halogens is 4. The molecule has 0 unspecified atom stereocenters. The number of allylic oxidation sites excluding steroid dienone is 2. The molecule has 1 aliphatic heterocycles. The molecular weight excluding hydrogens is 454 g/mol. The van der Waals surface area contributed by atoms with Gasteiger partial charge in [-0.1, -0.05) is 6.08 Å². The van der Waals surface area contributed by atoms with Crippen LogP contribution in [0.15, 0.2) is 53.5 Å². The van der Waals surface area contributed by atoms with Gasteiger partial charge in [-0.3, -0.25) is 14.6 Å². The summed E-state index contributed by atoms with van der Waals surface area (Å²) in [5.41, 5.74) is 2.28. The molecule has 2 aromatic carbocycles. The fourth-order valence-corrected chi connectivity index (χ4v) is 3.95. The van der Waals surface area contributed by atoms with E-state index in [0.29, 0.717) is 37.2 Å². The number of piperidine rings is 1. The third kappa shape index (κ3) is 6.21. The largest absolute Gasteiger partial charge is 0.573 e. The minimum atomic E-state index is -4.82. The van der Waals surface area contributed by atoms with Crippen LogP contribution in [-0.4, -0.2) is 42.9 Å². The van der Waals surface area contributed by atoms with E-state index in [-0.39, 0.29) is 17.4 Å². The van der Waals surface area contributed by atoms with E-state index in [0.717, 1.165) is 17.7 Å². The van der Waals surface area contributed by atoms with E-state index in [2.05, 4.69) is 21.8 Å². The number of alkyl halides is 3. The molecule has 1 aliphatic rings. The van der Waals surface area contributed by atoms with Gasteiger partial charge in [-0.05, 0) is 80.4 Å². The van der Waals surface area contributed by atoms with Crippen molar-refractivity contribution in [2.45, 2.75) is 26.1 Å². The molecule has 0 aliphatic carbocycles. The molecule has 10 heteroatoms. The number of anilines is 1. The van der Waals surface area contributed by atoms with Crippen molar-refractivity contribution in [3.05, 3.63) is 59.9 Å². The second-order valence-corrected chi connectivity index (χ2v) is 7.66. The normalized spacial score (nSPS) is 15.1. The molecule has 1 heterocycles. The lowest BCUT2D eigenvalue weighted by Gasteiger charge is -2.33. The zero-order valence-electron chi connectivity index (χ0n) is 18.4. The Morgan fingerprint density at radius 3 is 2.35 bits per heavy atom. The molecule has 1 N–H and O–H groups in total. The number of amides is 2. The van der Waals surface area contributed by atoms with Crippen LogP contribution >= 0.6 is 0 Å². The van der Waals surface area contributed by atoms with Crippen molar-refractivity contribution in [2.24, 2.45) is 10.9 Å². The summed E-state index contributed by atoms with van der Waals surface area (Å²) in [5.74, 6) is -2.41. The van der Waals surface area contributed by atoms with Crippen LogP contribution in [0.3, 0.4) is 0 Å². The molecule has 2 amide bonds. The number of nitrogens with one attached hydrogen (secondary N) is 1. The van der Waals surface area contributed by atoms with Crippen LogP contribution in [0.25, 0.3) is 5.57 Å². The number of carbonyl (C=O) groups excluding carboxylic acids is 2. The molecule has 180 valence electrons. The summed E-state index contributed by atoms with van der Waals surface area (Å²) in [5, 5.41) is 2.38. The highest BCUT2D eigenvalue weighted by Crippen LogP contribution is 2.37. The van der Waals surface area contributed by atoms with Gasteiger partial charge in [0.25, 0.3) is 0 Å². The Labute approximate surface area is 193 Å². The van der Waals surface area contributed by atoms with Crippen molar-refractivity contribution in [2.75, 3.05) is 18.4 Å². The van der Waals surface area contributed by atoms with E-state index < -0.39 is 23.9 Å². The molecule has 0 aromatic heterocycles. The van der Waals surface area contributed by atoms with Crippen LogP contribution in [0.2, 0.25) is 0 Å².